The maximum atomic E-state index is 10.6. The Morgan fingerprint density at radius 3 is 1.88 bits per heavy atom. The number of fused-ring (bicyclic) bond motifs is 1. The van der Waals surface area contributed by atoms with E-state index in [1.165, 1.54) is 0 Å². The van der Waals surface area contributed by atoms with E-state index in [-0.39, 0.29) is 34.7 Å². The Bertz CT molecular complexity index is 665. The number of aldehydes is 1. The van der Waals surface area contributed by atoms with Crippen LogP contribution in [-0.2, 0) is 40.8 Å². The number of benzene rings is 1. The van der Waals surface area contributed by atoms with E-state index in [9.17, 15) is 31.1 Å². The molecule has 0 aliphatic carbocycles. The summed E-state index contributed by atoms with van der Waals surface area (Å²) >= 11 is 0. The molecule has 2 aromatic rings. The molecule has 1 radical (unpaired) electrons. The van der Waals surface area contributed by atoms with Crippen molar-refractivity contribution in [2.45, 2.75) is 12.7 Å². The Hall–Kier alpha value is -2.34. The molecule has 1 aromatic carbocycles. The number of carbonyl (C=O) groups is 1. The van der Waals surface area contributed by atoms with Crippen LogP contribution in [0.2, 0.25) is 0 Å². The monoisotopic (exact) mass is 418 g/mol. The van der Waals surface area contributed by atoms with Gasteiger partial charge in [0.1, 0.15) is 6.29 Å². The minimum Gasteiger partial charge on any atom is -0.576 e. The summed E-state index contributed by atoms with van der Waals surface area (Å²) in [6.45, 7) is 0.465. The molecule has 1 N–H and O–H groups in total. The molecule has 6 nitrogen and oxygen atoms in total. The van der Waals surface area contributed by atoms with Gasteiger partial charge in [0.15, 0.2) is 0 Å². The van der Waals surface area contributed by atoms with Gasteiger partial charge in [0.05, 0.1) is 0 Å². The predicted molar refractivity (Wildman–Crippen MR) is 68.2 cm³/mol. The van der Waals surface area contributed by atoms with Crippen molar-refractivity contribution in [2.24, 2.45) is 0 Å². The van der Waals surface area contributed by atoms with Crippen LogP contribution in [0.25, 0.3) is 10.9 Å². The second-order valence-electron chi connectivity index (χ2n) is 3.58. The van der Waals surface area contributed by atoms with E-state index in [0.29, 0.717) is 5.56 Å². The van der Waals surface area contributed by atoms with Gasteiger partial charge in [-0.2, -0.15) is 0 Å². The van der Waals surface area contributed by atoms with Gasteiger partial charge in [0.2, 0.25) is 0 Å². The summed E-state index contributed by atoms with van der Waals surface area (Å²) in [7, 11) is 0. The van der Waals surface area contributed by atoms with Crippen LogP contribution in [0.5, 0.6) is 0 Å². The van der Waals surface area contributed by atoms with Crippen molar-refractivity contribution in [1.82, 2.24) is 4.98 Å². The van der Waals surface area contributed by atoms with Crippen LogP contribution in [0, 0.1) is 6.07 Å². The topological polar surface area (TPSA) is 85.5 Å². The van der Waals surface area contributed by atoms with Gasteiger partial charge in [0, 0.05) is 0 Å². The molecule has 0 unspecified atom stereocenters. The minimum atomic E-state index is -4.87. The first-order valence-electron chi connectivity index (χ1n) is 5.70. The summed E-state index contributed by atoms with van der Waals surface area (Å²) < 4.78 is 68.3. The first-order valence-corrected chi connectivity index (χ1v) is 5.70. The van der Waals surface area contributed by atoms with E-state index < -0.39 is 12.7 Å². The molecule has 26 heavy (non-hydrogen) atoms. The van der Waals surface area contributed by atoms with E-state index in [1.54, 1.807) is 12.3 Å². The molecule has 0 saturated heterocycles. The van der Waals surface area contributed by atoms with Gasteiger partial charge in [-0.3, -0.25) is 0 Å². The van der Waals surface area contributed by atoms with Gasteiger partial charge in [-0.05, 0) is 17.3 Å². The predicted octanol–water partition coefficient (Wildman–Crippen LogP) is 2.96. The molecule has 0 atom stereocenters. The number of hydrogen-bond acceptors (Lipinski definition) is 5. The number of rotatable bonds is 3. The molecule has 1 aromatic heterocycles. The number of carbonyl (C=O) groups excluding carboxylic acids is 3. The van der Waals surface area contributed by atoms with Gasteiger partial charge >= 0.3 is 34.4 Å². The van der Waals surface area contributed by atoms with Crippen LogP contribution in [-0.4, -0.2) is 36.9 Å². The van der Waals surface area contributed by atoms with Crippen molar-refractivity contribution in [2.75, 3.05) is 0 Å². The first kappa shape index (κ1) is 25.9. The third-order valence-electron chi connectivity index (χ3n) is 1.97. The number of aromatic nitrogens is 1. The molecule has 0 spiro atoms. The molecular weight excluding hydrogens is 412 g/mol. The fraction of sp³-hybridized carbons (Fsp3) is 0.154. The standard InChI is InChI=1S/C9H6NO.2C2F3O2.Ti/c11-6-7-5-10-9-4-2-1-3-8(7)9;2*3-2(4,5)7-1-6;/h1-2,4-6,10H;;;/q3*-1;+3. The Labute approximate surface area is 156 Å². The largest absolute Gasteiger partial charge is 3.00 e. The maximum Gasteiger partial charge on any atom is 3.00 e. The van der Waals surface area contributed by atoms with Crippen LogP contribution < -0.4 is 0 Å². The zero-order chi connectivity index (χ0) is 19.5. The number of H-pyrrole nitrogens is 1. The average Bonchev–Trinajstić information content (AvgIpc) is 2.89. The molecule has 1 heterocycles. The van der Waals surface area contributed by atoms with E-state index in [0.717, 1.165) is 17.2 Å². The van der Waals surface area contributed by atoms with Crippen molar-refractivity contribution in [3.63, 3.8) is 0 Å². The number of alkyl halides is 6. The molecule has 13 heteroatoms. The average molecular weight is 418 g/mol. The zero-order valence-electron chi connectivity index (χ0n) is 12.2. The van der Waals surface area contributed by atoms with E-state index in [2.05, 4.69) is 20.5 Å². The molecule has 0 saturated carbocycles. The van der Waals surface area contributed by atoms with Crippen LogP contribution in [0.1, 0.15) is 10.4 Å². The normalized spacial score (nSPS) is 10.1. The van der Waals surface area contributed by atoms with E-state index in [1.807, 2.05) is 12.1 Å². The van der Waals surface area contributed by atoms with Crippen molar-refractivity contribution in [3.8, 4) is 0 Å². The van der Waals surface area contributed by atoms with Crippen molar-refractivity contribution >= 4 is 30.1 Å². The van der Waals surface area contributed by atoms with Crippen LogP contribution in [0.3, 0.4) is 0 Å². The van der Waals surface area contributed by atoms with Crippen molar-refractivity contribution in [3.05, 3.63) is 36.0 Å². The summed E-state index contributed by atoms with van der Waals surface area (Å²) in [6, 6.07) is 8.58. The quantitative estimate of drug-likeness (QED) is 0.359. The maximum absolute atomic E-state index is 10.6. The van der Waals surface area contributed by atoms with Gasteiger partial charge < -0.3 is 28.8 Å². The number of ether oxygens (including phenoxy) is 2. The van der Waals surface area contributed by atoms with Gasteiger partial charge in [-0.25, -0.2) is 0 Å². The summed E-state index contributed by atoms with van der Waals surface area (Å²) in [5, 5.41) is 0.863. The minimum absolute atomic E-state index is 0. The number of hydrogen-bond donors (Lipinski definition) is 1. The third kappa shape index (κ3) is 12.1. The fourth-order valence-corrected chi connectivity index (χ4v) is 1.21. The van der Waals surface area contributed by atoms with Crippen LogP contribution in [0.4, 0.5) is 26.3 Å². The molecular formula is C13H6F6NO5Ti. The summed E-state index contributed by atoms with van der Waals surface area (Å²) in [5.74, 6) is 0. The van der Waals surface area contributed by atoms with E-state index in [4.69, 9.17) is 9.59 Å². The Balaban J connectivity index is 0. The summed E-state index contributed by atoms with van der Waals surface area (Å²) in [6.07, 6.45) is -7.23. The second kappa shape index (κ2) is 12.1. The molecule has 0 aliphatic rings. The second-order valence-corrected chi connectivity index (χ2v) is 3.58. The Kier molecular flexibility index (Phi) is 12.0. The molecule has 0 amide bonds. The van der Waals surface area contributed by atoms with Crippen molar-refractivity contribution < 1.29 is 71.9 Å². The van der Waals surface area contributed by atoms with Gasteiger partial charge in [-0.1, -0.05) is 12.9 Å². The third-order valence-corrected chi connectivity index (χ3v) is 1.97. The summed E-state index contributed by atoms with van der Waals surface area (Å²) in [5.41, 5.74) is 1.62. The van der Waals surface area contributed by atoms with Crippen molar-refractivity contribution in [1.29, 1.82) is 0 Å². The molecule has 139 valence electrons. The van der Waals surface area contributed by atoms with Crippen LogP contribution >= 0.6 is 0 Å². The molecule has 0 aliphatic heterocycles. The Morgan fingerprint density at radius 2 is 1.54 bits per heavy atom. The SMILES string of the molecule is O=Cc1c[nH]c2ccc[c-]c12.O=[C-]OC(F)(F)F.O=[C-]OC(F)(F)F.[Ti+3]. The molecule has 0 fully saturated rings. The molecule has 0 bridgehead atoms. The van der Waals surface area contributed by atoms with Gasteiger partial charge in [-0.15, -0.1) is 56.0 Å². The number of aromatic amines is 1. The van der Waals surface area contributed by atoms with Gasteiger partial charge in [0.25, 0.3) is 0 Å². The first-order chi connectivity index (χ1) is 11.5. The summed E-state index contributed by atoms with van der Waals surface area (Å²) in [4.78, 5) is 30.9. The van der Waals surface area contributed by atoms with Crippen LogP contribution in [0.15, 0.2) is 24.4 Å². The smallest absolute Gasteiger partial charge is 0.576 e. The Morgan fingerprint density at radius 1 is 1.04 bits per heavy atom. The number of halogens is 6. The number of nitrogens with one attached hydrogen (secondary N) is 1. The molecule has 2 rings (SSSR count). The zero-order valence-corrected chi connectivity index (χ0v) is 13.8. The van der Waals surface area contributed by atoms with E-state index >= 15 is 0 Å². The fourth-order valence-electron chi connectivity index (χ4n) is 1.21.